The number of thiophene rings is 1. The molecular formula is C17H24N4O4S2. The molecule has 0 saturated carbocycles. The Bertz CT molecular complexity index is 923. The summed E-state index contributed by atoms with van der Waals surface area (Å²) in [5.41, 5.74) is 6.53. The van der Waals surface area contributed by atoms with Crippen LogP contribution in [-0.4, -0.2) is 41.7 Å². The Labute approximate surface area is 163 Å². The van der Waals surface area contributed by atoms with Crippen molar-refractivity contribution in [1.82, 2.24) is 4.72 Å². The van der Waals surface area contributed by atoms with Gasteiger partial charge in [0.2, 0.25) is 10.0 Å². The smallest absolute Gasteiger partial charge is 0.241 e. The fourth-order valence-corrected chi connectivity index (χ4v) is 4.98. The van der Waals surface area contributed by atoms with Crippen molar-refractivity contribution in [3.63, 3.8) is 0 Å². The third-order valence-electron chi connectivity index (χ3n) is 3.63. The molecular weight excluding hydrogens is 388 g/mol. The number of nitrogens with zero attached hydrogens (tertiary/aromatic N) is 1. The first-order chi connectivity index (χ1) is 12.8. The molecule has 0 unspecified atom stereocenters. The van der Waals surface area contributed by atoms with E-state index in [9.17, 15) is 8.42 Å². The number of aliphatic imine (C=N–C) groups is 1. The van der Waals surface area contributed by atoms with E-state index < -0.39 is 10.0 Å². The van der Waals surface area contributed by atoms with Crippen LogP contribution in [0.2, 0.25) is 0 Å². The van der Waals surface area contributed by atoms with Gasteiger partial charge in [0.15, 0.2) is 17.5 Å². The SMILES string of the molecule is COc1ccc(NC(N)=NCCNS(=O)(=O)c2cc(C)sc2C)cc1OC. The molecule has 27 heavy (non-hydrogen) atoms. The first-order valence-electron chi connectivity index (χ1n) is 8.12. The highest BCUT2D eigenvalue weighted by molar-refractivity contribution is 7.89. The van der Waals surface area contributed by atoms with Crippen molar-refractivity contribution < 1.29 is 17.9 Å². The molecule has 0 aliphatic rings. The van der Waals surface area contributed by atoms with Crippen LogP contribution in [0, 0.1) is 13.8 Å². The Morgan fingerprint density at radius 2 is 1.89 bits per heavy atom. The highest BCUT2D eigenvalue weighted by Gasteiger charge is 2.18. The third-order valence-corrected chi connectivity index (χ3v) is 6.31. The van der Waals surface area contributed by atoms with Crippen molar-refractivity contribution in [1.29, 1.82) is 0 Å². The average Bonchev–Trinajstić information content (AvgIpc) is 2.97. The van der Waals surface area contributed by atoms with Gasteiger partial charge >= 0.3 is 0 Å². The summed E-state index contributed by atoms with van der Waals surface area (Å²) in [6.45, 7) is 4.01. The third kappa shape index (κ3) is 5.59. The molecule has 0 saturated heterocycles. The second-order valence-corrected chi connectivity index (χ2v) is 8.83. The fourth-order valence-electron chi connectivity index (χ4n) is 2.41. The van der Waals surface area contributed by atoms with Gasteiger partial charge in [-0.05, 0) is 32.0 Å². The van der Waals surface area contributed by atoms with Crippen LogP contribution in [0.3, 0.4) is 0 Å². The van der Waals surface area contributed by atoms with Crippen LogP contribution in [0.1, 0.15) is 9.75 Å². The molecule has 1 aromatic carbocycles. The Kier molecular flexibility index (Phi) is 7.05. The molecule has 2 rings (SSSR count). The molecule has 10 heteroatoms. The molecule has 1 heterocycles. The van der Waals surface area contributed by atoms with Gasteiger partial charge in [-0.2, -0.15) is 0 Å². The van der Waals surface area contributed by atoms with E-state index in [0.29, 0.717) is 22.1 Å². The maximum absolute atomic E-state index is 12.3. The molecule has 2 aromatic rings. The molecule has 0 fully saturated rings. The van der Waals surface area contributed by atoms with Crippen molar-refractivity contribution >= 4 is 33.0 Å². The number of anilines is 1. The number of ether oxygens (including phenoxy) is 2. The minimum atomic E-state index is -3.54. The minimum Gasteiger partial charge on any atom is -0.493 e. The molecule has 0 radical (unpaired) electrons. The molecule has 148 valence electrons. The number of rotatable bonds is 8. The van der Waals surface area contributed by atoms with Gasteiger partial charge in [-0.1, -0.05) is 0 Å². The van der Waals surface area contributed by atoms with Gasteiger partial charge in [0.1, 0.15) is 0 Å². The average molecular weight is 413 g/mol. The Morgan fingerprint density at radius 1 is 1.19 bits per heavy atom. The van der Waals surface area contributed by atoms with E-state index in [1.807, 2.05) is 6.92 Å². The molecule has 0 spiro atoms. The van der Waals surface area contributed by atoms with Crippen LogP contribution in [0.4, 0.5) is 5.69 Å². The highest BCUT2D eigenvalue weighted by atomic mass is 32.2. The number of guanidine groups is 1. The van der Waals surface area contributed by atoms with Crippen LogP contribution < -0.4 is 25.2 Å². The monoisotopic (exact) mass is 412 g/mol. The van der Waals surface area contributed by atoms with Gasteiger partial charge in [-0.3, -0.25) is 4.99 Å². The summed E-state index contributed by atoms with van der Waals surface area (Å²) < 4.78 is 37.6. The molecule has 8 nitrogen and oxygen atoms in total. The predicted molar refractivity (Wildman–Crippen MR) is 109 cm³/mol. The second kappa shape index (κ2) is 9.07. The van der Waals surface area contributed by atoms with Crippen molar-refractivity contribution in [3.8, 4) is 11.5 Å². The van der Waals surface area contributed by atoms with Gasteiger partial charge < -0.3 is 20.5 Å². The lowest BCUT2D eigenvalue weighted by Gasteiger charge is -2.11. The Morgan fingerprint density at radius 3 is 2.48 bits per heavy atom. The molecule has 0 amide bonds. The topological polar surface area (TPSA) is 115 Å². The van der Waals surface area contributed by atoms with Crippen LogP contribution in [0.5, 0.6) is 11.5 Å². The maximum Gasteiger partial charge on any atom is 0.241 e. The summed E-state index contributed by atoms with van der Waals surface area (Å²) in [5, 5.41) is 2.93. The minimum absolute atomic E-state index is 0.144. The summed E-state index contributed by atoms with van der Waals surface area (Å²) in [6.07, 6.45) is 0. The standard InChI is InChI=1S/C17H24N4O4S2/c1-11-9-16(12(2)26-11)27(22,23)20-8-7-19-17(18)21-13-5-6-14(24-3)15(10-13)25-4/h5-6,9-10,20H,7-8H2,1-4H3,(H3,18,19,21). The summed E-state index contributed by atoms with van der Waals surface area (Å²) in [7, 11) is -0.444. The molecule has 1 aromatic heterocycles. The zero-order valence-electron chi connectivity index (χ0n) is 15.7. The lowest BCUT2D eigenvalue weighted by molar-refractivity contribution is 0.355. The van der Waals surface area contributed by atoms with Crippen molar-refractivity contribution in [3.05, 3.63) is 34.0 Å². The first-order valence-corrected chi connectivity index (χ1v) is 10.4. The molecule has 0 aliphatic heterocycles. The van der Waals surface area contributed by atoms with Crippen LogP contribution >= 0.6 is 11.3 Å². The largest absolute Gasteiger partial charge is 0.493 e. The number of hydrogen-bond donors (Lipinski definition) is 3. The molecule has 0 bridgehead atoms. The summed E-state index contributed by atoms with van der Waals surface area (Å²) >= 11 is 1.45. The van der Waals surface area contributed by atoms with Crippen LogP contribution in [-0.2, 0) is 10.0 Å². The Balaban J connectivity index is 1.92. The molecule has 0 atom stereocenters. The highest BCUT2D eigenvalue weighted by Crippen LogP contribution is 2.29. The summed E-state index contributed by atoms with van der Waals surface area (Å²) in [5.74, 6) is 1.33. The zero-order chi connectivity index (χ0) is 20.0. The lowest BCUT2D eigenvalue weighted by atomic mass is 10.3. The van der Waals surface area contributed by atoms with E-state index in [4.69, 9.17) is 15.2 Å². The lowest BCUT2D eigenvalue weighted by Crippen LogP contribution is -2.28. The van der Waals surface area contributed by atoms with Gasteiger partial charge in [-0.25, -0.2) is 13.1 Å². The normalized spacial score (nSPS) is 12.1. The van der Waals surface area contributed by atoms with Gasteiger partial charge in [0.25, 0.3) is 0 Å². The van der Waals surface area contributed by atoms with E-state index in [-0.39, 0.29) is 19.0 Å². The van der Waals surface area contributed by atoms with Crippen LogP contribution in [0.25, 0.3) is 0 Å². The van der Waals surface area contributed by atoms with Crippen LogP contribution in [0.15, 0.2) is 34.2 Å². The fraction of sp³-hybridized carbons (Fsp3) is 0.353. The van der Waals surface area contributed by atoms with Crippen molar-refractivity contribution in [2.24, 2.45) is 10.7 Å². The van der Waals surface area contributed by atoms with Crippen molar-refractivity contribution in [2.45, 2.75) is 18.7 Å². The number of nitrogens with one attached hydrogen (secondary N) is 2. The van der Waals surface area contributed by atoms with Gasteiger partial charge in [0, 0.05) is 28.1 Å². The van der Waals surface area contributed by atoms with E-state index >= 15 is 0 Å². The number of methoxy groups -OCH3 is 2. The van der Waals surface area contributed by atoms with Gasteiger partial charge in [0.05, 0.1) is 25.7 Å². The van der Waals surface area contributed by atoms with E-state index in [1.54, 1.807) is 45.4 Å². The first kappa shape index (κ1) is 21.0. The predicted octanol–water partition coefficient (Wildman–Crippen LogP) is 2.09. The summed E-state index contributed by atoms with van der Waals surface area (Å²) in [4.78, 5) is 6.15. The molecule has 0 aliphatic carbocycles. The quantitative estimate of drug-likeness (QED) is 0.347. The van der Waals surface area contributed by atoms with Crippen molar-refractivity contribution in [2.75, 3.05) is 32.6 Å². The number of benzene rings is 1. The second-order valence-electron chi connectivity index (χ2n) is 5.64. The number of nitrogens with two attached hydrogens (primary N) is 1. The number of hydrogen-bond acceptors (Lipinski definition) is 6. The van der Waals surface area contributed by atoms with E-state index in [0.717, 1.165) is 9.75 Å². The Hall–Kier alpha value is -2.30. The number of aryl methyl sites for hydroxylation is 2. The van der Waals surface area contributed by atoms with E-state index in [2.05, 4.69) is 15.0 Å². The maximum atomic E-state index is 12.3. The summed E-state index contributed by atoms with van der Waals surface area (Å²) in [6, 6.07) is 6.91. The molecule has 4 N–H and O–H groups in total. The van der Waals surface area contributed by atoms with Gasteiger partial charge in [-0.15, -0.1) is 11.3 Å². The van der Waals surface area contributed by atoms with E-state index in [1.165, 1.54) is 11.3 Å². The zero-order valence-corrected chi connectivity index (χ0v) is 17.3. The number of sulfonamides is 1.